The molecule has 8 N–H and O–H groups in total. The lowest BCUT2D eigenvalue weighted by Gasteiger charge is -2.23. The van der Waals surface area contributed by atoms with E-state index >= 15 is 0 Å². The number of aliphatic hydroxyl groups is 1. The molecule has 1 aliphatic rings. The Balaban J connectivity index is 2.13. The summed E-state index contributed by atoms with van der Waals surface area (Å²) in [7, 11) is -4.51. The van der Waals surface area contributed by atoms with Gasteiger partial charge < -0.3 is 26.2 Å². The van der Waals surface area contributed by atoms with E-state index in [4.69, 9.17) is 21.1 Å². The number of carbonyl (C=O) groups excluding carboxylic acids is 1. The molecule has 1 aromatic heterocycles. The summed E-state index contributed by atoms with van der Waals surface area (Å²) < 4.78 is 33.7. The van der Waals surface area contributed by atoms with Crippen LogP contribution in [-0.4, -0.2) is 52.8 Å². The predicted molar refractivity (Wildman–Crippen MR) is 107 cm³/mol. The van der Waals surface area contributed by atoms with Crippen molar-refractivity contribution in [2.45, 2.75) is 76.1 Å². The van der Waals surface area contributed by atoms with Crippen LogP contribution in [0.1, 0.15) is 75.7 Å². The molecule has 0 bridgehead atoms. The minimum absolute atomic E-state index is 0.176. The summed E-state index contributed by atoms with van der Waals surface area (Å²) in [5, 5.41) is 22.3. The summed E-state index contributed by atoms with van der Waals surface area (Å²) in [4.78, 5) is 26.7. The van der Waals surface area contributed by atoms with E-state index in [1.165, 1.54) is 6.42 Å². The van der Waals surface area contributed by atoms with E-state index in [1.807, 2.05) is 0 Å². The van der Waals surface area contributed by atoms with Gasteiger partial charge in [-0.3, -0.25) is 9.59 Å². The zero-order chi connectivity index (χ0) is 23.2. The number of primary amides is 1. The van der Waals surface area contributed by atoms with Crippen LogP contribution in [0.2, 0.25) is 0 Å². The monoisotopic (exact) mass is 462 g/mol. The molecule has 1 amide bonds. The van der Waals surface area contributed by atoms with Crippen molar-refractivity contribution in [2.75, 3.05) is 0 Å². The maximum atomic E-state index is 12.4. The van der Waals surface area contributed by atoms with E-state index in [-0.39, 0.29) is 11.7 Å². The van der Waals surface area contributed by atoms with Crippen LogP contribution >= 0.6 is 0 Å². The van der Waals surface area contributed by atoms with Crippen molar-refractivity contribution in [1.82, 2.24) is 19.6 Å². The summed E-state index contributed by atoms with van der Waals surface area (Å²) in [5.74, 6) is -2.05. The number of nitrogens with one attached hydrogen (secondary N) is 2. The normalized spacial score (nSPS) is 19.5. The number of carboxylic acids is 1. The van der Waals surface area contributed by atoms with Gasteiger partial charge in [-0.25, -0.2) is 0 Å². The van der Waals surface area contributed by atoms with Crippen molar-refractivity contribution in [1.29, 1.82) is 0 Å². The third kappa shape index (κ3) is 7.81. The molecule has 2 rings (SSSR count). The van der Waals surface area contributed by atoms with Gasteiger partial charge in [-0.15, -0.1) is 0 Å². The molecule has 14 heteroatoms. The Morgan fingerprint density at radius 1 is 1.26 bits per heavy atom. The van der Waals surface area contributed by atoms with E-state index in [9.17, 15) is 23.1 Å². The van der Waals surface area contributed by atoms with Gasteiger partial charge in [0.1, 0.15) is 12.1 Å². The first-order valence-electron chi connectivity index (χ1n) is 10.1. The molecule has 0 aromatic carbocycles. The van der Waals surface area contributed by atoms with Crippen LogP contribution in [0.5, 0.6) is 0 Å². The number of aliphatic hydroxyl groups excluding tert-OH is 1. The van der Waals surface area contributed by atoms with Crippen molar-refractivity contribution in [3.05, 3.63) is 11.7 Å². The molecule has 0 aliphatic heterocycles. The topological polar surface area (TPSA) is 224 Å². The zero-order valence-electron chi connectivity index (χ0n) is 17.2. The molecule has 1 saturated carbocycles. The van der Waals surface area contributed by atoms with Gasteiger partial charge in [-0.1, -0.05) is 37.3 Å². The second-order valence-electron chi connectivity index (χ2n) is 7.86. The van der Waals surface area contributed by atoms with Crippen molar-refractivity contribution >= 4 is 22.1 Å². The molecular formula is C17H30N6O7S. The van der Waals surface area contributed by atoms with Crippen LogP contribution in [0.15, 0.2) is 4.52 Å². The standard InChI is InChI=1S/C17H30N6O7S/c1-9(24)14(17(26)27)23-31(28,29)22-12(8-13(19)25)16-20-15(21-30-16)11(18)7-10-5-3-2-4-6-10/h9-12,14,22-24H,2-8,18H2,1H3,(H2,19,25)(H,26,27)/t9?,11-,12+,14-/m0/s1. The molecule has 0 saturated heterocycles. The molecule has 176 valence electrons. The molecule has 1 fully saturated rings. The number of nitrogens with zero attached hydrogens (tertiary/aromatic N) is 2. The molecule has 1 aromatic rings. The summed E-state index contributed by atoms with van der Waals surface area (Å²) in [6.45, 7) is 1.11. The van der Waals surface area contributed by atoms with Gasteiger partial charge in [0.25, 0.3) is 10.2 Å². The second-order valence-corrected chi connectivity index (χ2v) is 9.33. The number of aliphatic carboxylic acids is 1. The number of carboxylic acid groups (broad SMARTS) is 1. The maximum absolute atomic E-state index is 12.4. The van der Waals surface area contributed by atoms with Gasteiger partial charge >= 0.3 is 5.97 Å². The van der Waals surface area contributed by atoms with Crippen molar-refractivity contribution in [3.63, 3.8) is 0 Å². The minimum Gasteiger partial charge on any atom is -0.480 e. The maximum Gasteiger partial charge on any atom is 0.324 e. The van der Waals surface area contributed by atoms with Gasteiger partial charge in [0.05, 0.1) is 18.6 Å². The van der Waals surface area contributed by atoms with Crippen LogP contribution in [0.4, 0.5) is 0 Å². The summed E-state index contributed by atoms with van der Waals surface area (Å²) in [5.41, 5.74) is 11.4. The molecule has 1 unspecified atom stereocenters. The van der Waals surface area contributed by atoms with Crippen molar-refractivity contribution < 1.29 is 32.7 Å². The molecule has 1 heterocycles. The van der Waals surface area contributed by atoms with E-state index < -0.39 is 52.7 Å². The average Bonchev–Trinajstić information content (AvgIpc) is 3.16. The highest BCUT2D eigenvalue weighted by Crippen LogP contribution is 2.30. The van der Waals surface area contributed by atoms with Gasteiger partial charge in [0.15, 0.2) is 5.82 Å². The van der Waals surface area contributed by atoms with Gasteiger partial charge in [0, 0.05) is 0 Å². The molecule has 0 spiro atoms. The van der Waals surface area contributed by atoms with E-state index in [2.05, 4.69) is 14.9 Å². The van der Waals surface area contributed by atoms with Crippen LogP contribution in [0, 0.1) is 5.92 Å². The molecule has 13 nitrogen and oxygen atoms in total. The Bertz CT molecular complexity index is 853. The number of carbonyl (C=O) groups is 2. The third-order valence-electron chi connectivity index (χ3n) is 5.13. The number of hydrogen-bond donors (Lipinski definition) is 6. The fraction of sp³-hybridized carbons (Fsp3) is 0.765. The molecule has 0 radical (unpaired) electrons. The highest BCUT2D eigenvalue weighted by Gasteiger charge is 2.33. The summed E-state index contributed by atoms with van der Waals surface area (Å²) in [6.07, 6.45) is 4.26. The lowest BCUT2D eigenvalue weighted by Crippen LogP contribution is -2.52. The zero-order valence-corrected chi connectivity index (χ0v) is 18.0. The summed E-state index contributed by atoms with van der Waals surface area (Å²) >= 11 is 0. The molecule has 4 atom stereocenters. The van der Waals surface area contributed by atoms with Gasteiger partial charge in [-0.05, 0) is 19.3 Å². The predicted octanol–water partition coefficient (Wildman–Crippen LogP) is -0.786. The first-order chi connectivity index (χ1) is 14.5. The fourth-order valence-electron chi connectivity index (χ4n) is 3.55. The SMILES string of the molecule is CC(O)[C@H](NS(=O)(=O)N[C@H](CC(N)=O)c1nc([C@@H](N)CC2CCCCC2)no1)C(=O)O. The number of nitrogens with two attached hydrogens (primary N) is 2. The number of hydrogen-bond acceptors (Lipinski definition) is 9. The number of rotatable bonds is 12. The van der Waals surface area contributed by atoms with Crippen LogP contribution in [-0.2, 0) is 19.8 Å². The van der Waals surface area contributed by atoms with E-state index in [1.54, 1.807) is 4.72 Å². The summed E-state index contributed by atoms with van der Waals surface area (Å²) in [6, 6.07) is -3.67. The van der Waals surface area contributed by atoms with Crippen molar-refractivity contribution in [3.8, 4) is 0 Å². The lowest BCUT2D eigenvalue weighted by molar-refractivity contribution is -0.141. The average molecular weight is 463 g/mol. The Morgan fingerprint density at radius 2 is 1.90 bits per heavy atom. The number of aromatic nitrogens is 2. The number of amides is 1. The Morgan fingerprint density at radius 3 is 2.45 bits per heavy atom. The van der Waals surface area contributed by atoms with Crippen molar-refractivity contribution in [2.24, 2.45) is 17.4 Å². The minimum atomic E-state index is -4.51. The molecular weight excluding hydrogens is 432 g/mol. The molecule has 1 aliphatic carbocycles. The van der Waals surface area contributed by atoms with Crippen LogP contribution in [0.3, 0.4) is 0 Å². The Hall–Kier alpha value is -2.13. The van der Waals surface area contributed by atoms with Gasteiger partial charge in [0.2, 0.25) is 11.8 Å². The van der Waals surface area contributed by atoms with Crippen LogP contribution < -0.4 is 20.9 Å². The van der Waals surface area contributed by atoms with E-state index in [0.29, 0.717) is 12.3 Å². The van der Waals surface area contributed by atoms with Crippen LogP contribution in [0.25, 0.3) is 0 Å². The molecule has 31 heavy (non-hydrogen) atoms. The smallest absolute Gasteiger partial charge is 0.324 e. The lowest BCUT2D eigenvalue weighted by atomic mass is 9.85. The third-order valence-corrected chi connectivity index (χ3v) is 6.29. The highest BCUT2D eigenvalue weighted by molar-refractivity contribution is 7.87. The first kappa shape index (κ1) is 25.1. The largest absolute Gasteiger partial charge is 0.480 e. The Kier molecular flexibility index (Phi) is 8.88. The Labute approximate surface area is 180 Å². The highest BCUT2D eigenvalue weighted by atomic mass is 32.2. The van der Waals surface area contributed by atoms with Gasteiger partial charge in [-0.2, -0.15) is 22.8 Å². The fourth-order valence-corrected chi connectivity index (χ4v) is 4.81. The quantitative estimate of drug-likeness (QED) is 0.227. The van der Waals surface area contributed by atoms with E-state index in [0.717, 1.165) is 32.6 Å². The first-order valence-corrected chi connectivity index (χ1v) is 11.5. The second kappa shape index (κ2) is 10.9.